The number of hydrogen-bond acceptors (Lipinski definition) is 5. The van der Waals surface area contributed by atoms with Crippen LogP contribution in [0.3, 0.4) is 0 Å². The zero-order chi connectivity index (χ0) is 29.6. The van der Waals surface area contributed by atoms with Crippen LogP contribution in [-0.2, 0) is 11.2 Å². The second-order valence-electron chi connectivity index (χ2n) is 9.85. The highest BCUT2D eigenvalue weighted by Gasteiger charge is 2.15. The van der Waals surface area contributed by atoms with Gasteiger partial charge in [-0.25, -0.2) is 4.68 Å². The smallest absolute Gasteiger partial charge is 0.269 e. The number of nitrogens with zero attached hydrogens (tertiary/aromatic N) is 3. The maximum Gasteiger partial charge on any atom is 0.269 e. The number of nitro benzene ring substituents is 1. The first-order chi connectivity index (χ1) is 20.3. The molecule has 0 aliphatic heterocycles. The van der Waals surface area contributed by atoms with Gasteiger partial charge in [-0.1, -0.05) is 54.1 Å². The summed E-state index contributed by atoms with van der Waals surface area (Å²) in [5.74, 6) is -0.427. The quantitative estimate of drug-likeness (QED) is 0.161. The first kappa shape index (κ1) is 28.0. The van der Waals surface area contributed by atoms with Crippen LogP contribution >= 0.6 is 0 Å². The van der Waals surface area contributed by atoms with Gasteiger partial charge in [0, 0.05) is 48.8 Å². The Balaban J connectivity index is 1.40. The molecule has 0 aliphatic carbocycles. The number of aryl methyl sites for hydroxylation is 2. The van der Waals surface area contributed by atoms with Gasteiger partial charge in [0.15, 0.2) is 0 Å². The molecule has 9 heteroatoms. The van der Waals surface area contributed by atoms with E-state index in [1.807, 2.05) is 22.9 Å². The SMILES string of the molecule is CNC(=O)CCc1cc(-c2ccc(-c3ccc(C)cc3)cc2)n(-c2ccc(NC(=O)c3ccc([N+](=O)[O-])cc3)cc2)n1. The van der Waals surface area contributed by atoms with Gasteiger partial charge < -0.3 is 10.6 Å². The van der Waals surface area contributed by atoms with Crippen LogP contribution in [0.2, 0.25) is 0 Å². The zero-order valence-electron chi connectivity index (χ0n) is 23.2. The molecule has 0 fully saturated rings. The fourth-order valence-electron chi connectivity index (χ4n) is 4.52. The number of carbonyl (C=O) groups is 2. The van der Waals surface area contributed by atoms with E-state index in [1.54, 1.807) is 19.2 Å². The number of aromatic nitrogens is 2. The fourth-order valence-corrected chi connectivity index (χ4v) is 4.52. The Morgan fingerprint density at radius 3 is 2.02 bits per heavy atom. The van der Waals surface area contributed by atoms with E-state index in [2.05, 4.69) is 66.1 Å². The number of amides is 2. The van der Waals surface area contributed by atoms with Gasteiger partial charge in [-0.05, 0) is 60.5 Å². The topological polar surface area (TPSA) is 119 Å². The number of carbonyl (C=O) groups excluding carboxylic acids is 2. The molecule has 0 bridgehead atoms. The summed E-state index contributed by atoms with van der Waals surface area (Å²) in [7, 11) is 1.62. The molecule has 0 saturated carbocycles. The van der Waals surface area contributed by atoms with Crippen LogP contribution in [0.1, 0.15) is 28.0 Å². The van der Waals surface area contributed by atoms with Crippen molar-refractivity contribution in [2.24, 2.45) is 0 Å². The number of hydrogen-bond donors (Lipinski definition) is 2. The molecule has 42 heavy (non-hydrogen) atoms. The van der Waals surface area contributed by atoms with Crippen LogP contribution in [0, 0.1) is 17.0 Å². The van der Waals surface area contributed by atoms with E-state index in [9.17, 15) is 19.7 Å². The van der Waals surface area contributed by atoms with Crippen molar-refractivity contribution < 1.29 is 14.5 Å². The van der Waals surface area contributed by atoms with Crippen molar-refractivity contribution in [3.8, 4) is 28.1 Å². The van der Waals surface area contributed by atoms with E-state index in [0.29, 0.717) is 24.1 Å². The number of nitrogens with one attached hydrogen (secondary N) is 2. The van der Waals surface area contributed by atoms with Crippen molar-refractivity contribution in [1.82, 2.24) is 15.1 Å². The zero-order valence-corrected chi connectivity index (χ0v) is 23.2. The maximum absolute atomic E-state index is 12.7. The Morgan fingerprint density at radius 2 is 1.43 bits per heavy atom. The van der Waals surface area contributed by atoms with Crippen molar-refractivity contribution in [3.63, 3.8) is 0 Å². The van der Waals surface area contributed by atoms with E-state index in [4.69, 9.17) is 5.10 Å². The lowest BCUT2D eigenvalue weighted by atomic mass is 10.0. The van der Waals surface area contributed by atoms with Gasteiger partial charge in [-0.3, -0.25) is 19.7 Å². The highest BCUT2D eigenvalue weighted by molar-refractivity contribution is 6.04. The van der Waals surface area contributed by atoms with E-state index in [1.165, 1.54) is 29.8 Å². The molecule has 0 radical (unpaired) electrons. The number of nitro groups is 1. The Bertz CT molecular complexity index is 1720. The Morgan fingerprint density at radius 1 is 0.833 bits per heavy atom. The van der Waals surface area contributed by atoms with Gasteiger partial charge in [-0.15, -0.1) is 0 Å². The van der Waals surface area contributed by atoms with Gasteiger partial charge in [0.05, 0.1) is 22.0 Å². The molecule has 0 aliphatic rings. The van der Waals surface area contributed by atoms with Crippen molar-refractivity contribution in [3.05, 3.63) is 130 Å². The highest BCUT2D eigenvalue weighted by atomic mass is 16.6. The summed E-state index contributed by atoms with van der Waals surface area (Å²) in [5.41, 5.74) is 7.67. The summed E-state index contributed by atoms with van der Waals surface area (Å²) in [6.45, 7) is 2.06. The van der Waals surface area contributed by atoms with Gasteiger partial charge in [0.25, 0.3) is 11.6 Å². The molecule has 1 aromatic heterocycles. The normalized spacial score (nSPS) is 10.7. The monoisotopic (exact) mass is 559 g/mol. The van der Waals surface area contributed by atoms with Gasteiger partial charge >= 0.3 is 0 Å². The third-order valence-electron chi connectivity index (χ3n) is 6.92. The summed E-state index contributed by atoms with van der Waals surface area (Å²) < 4.78 is 1.84. The minimum Gasteiger partial charge on any atom is -0.359 e. The summed E-state index contributed by atoms with van der Waals surface area (Å²) in [5, 5.41) is 21.2. The summed E-state index contributed by atoms with van der Waals surface area (Å²) in [6, 6.07) is 31.4. The van der Waals surface area contributed by atoms with Crippen molar-refractivity contribution in [2.45, 2.75) is 19.8 Å². The summed E-state index contributed by atoms with van der Waals surface area (Å²) >= 11 is 0. The summed E-state index contributed by atoms with van der Waals surface area (Å²) in [6.07, 6.45) is 0.817. The van der Waals surface area contributed by atoms with Crippen LogP contribution in [0.25, 0.3) is 28.1 Å². The number of benzene rings is 4. The molecule has 2 amide bonds. The predicted molar refractivity (Wildman–Crippen MR) is 163 cm³/mol. The Labute approximate surface area is 243 Å². The second kappa shape index (κ2) is 12.3. The number of non-ortho nitro benzene ring substituents is 1. The molecule has 4 aromatic carbocycles. The van der Waals surface area contributed by atoms with E-state index in [-0.39, 0.29) is 17.5 Å². The third kappa shape index (κ3) is 6.42. The van der Waals surface area contributed by atoms with Crippen molar-refractivity contribution >= 4 is 23.2 Å². The number of rotatable bonds is 9. The van der Waals surface area contributed by atoms with Crippen molar-refractivity contribution in [1.29, 1.82) is 0 Å². The predicted octanol–water partition coefficient (Wildman–Crippen LogP) is 6.35. The average Bonchev–Trinajstić information content (AvgIpc) is 3.45. The van der Waals surface area contributed by atoms with Crippen LogP contribution in [0.15, 0.2) is 103 Å². The molecular formula is C33H29N5O4. The Kier molecular flexibility index (Phi) is 8.19. The molecule has 5 rings (SSSR count). The molecule has 1 heterocycles. The molecule has 2 N–H and O–H groups in total. The van der Waals surface area contributed by atoms with E-state index < -0.39 is 4.92 Å². The molecule has 9 nitrogen and oxygen atoms in total. The third-order valence-corrected chi connectivity index (χ3v) is 6.92. The van der Waals surface area contributed by atoms with E-state index >= 15 is 0 Å². The number of anilines is 1. The molecule has 0 spiro atoms. The van der Waals surface area contributed by atoms with E-state index in [0.717, 1.165) is 33.8 Å². The molecule has 0 saturated heterocycles. The molecule has 210 valence electrons. The van der Waals surface area contributed by atoms with Crippen LogP contribution < -0.4 is 10.6 Å². The van der Waals surface area contributed by atoms with Crippen LogP contribution in [0.4, 0.5) is 11.4 Å². The van der Waals surface area contributed by atoms with Gasteiger partial charge in [0.2, 0.25) is 5.91 Å². The fraction of sp³-hybridized carbons (Fsp3) is 0.121. The standard InChI is InChI=1S/C33H29N5O4/c1-22-3-5-23(6-4-22)24-7-9-25(10-8-24)31-21-28(15-20-32(39)34-2)36-37(31)29-18-13-27(14-19-29)35-33(40)26-11-16-30(17-12-26)38(41)42/h3-14,16-19,21H,15,20H2,1-2H3,(H,34,39)(H,35,40). The lowest BCUT2D eigenvalue weighted by Crippen LogP contribution is -2.18. The highest BCUT2D eigenvalue weighted by Crippen LogP contribution is 2.28. The maximum atomic E-state index is 12.7. The molecule has 0 atom stereocenters. The first-order valence-electron chi connectivity index (χ1n) is 13.4. The van der Waals surface area contributed by atoms with Crippen LogP contribution in [0.5, 0.6) is 0 Å². The van der Waals surface area contributed by atoms with Crippen molar-refractivity contribution in [2.75, 3.05) is 12.4 Å². The molecular weight excluding hydrogens is 530 g/mol. The molecule has 0 unspecified atom stereocenters. The second-order valence-corrected chi connectivity index (χ2v) is 9.85. The minimum atomic E-state index is -0.508. The van der Waals surface area contributed by atoms with Crippen LogP contribution in [-0.4, -0.2) is 33.6 Å². The largest absolute Gasteiger partial charge is 0.359 e. The summed E-state index contributed by atoms with van der Waals surface area (Å²) in [4.78, 5) is 34.9. The minimum absolute atomic E-state index is 0.0540. The van der Waals surface area contributed by atoms with Gasteiger partial charge in [0.1, 0.15) is 0 Å². The molecule has 5 aromatic rings. The van der Waals surface area contributed by atoms with Gasteiger partial charge in [-0.2, -0.15) is 5.10 Å². The average molecular weight is 560 g/mol. The lowest BCUT2D eigenvalue weighted by molar-refractivity contribution is -0.384. The Hall–Kier alpha value is -5.57. The first-order valence-corrected chi connectivity index (χ1v) is 13.4. The lowest BCUT2D eigenvalue weighted by Gasteiger charge is -2.10.